The predicted octanol–water partition coefficient (Wildman–Crippen LogP) is 2.30. The Morgan fingerprint density at radius 1 is 1.29 bits per heavy atom. The van der Waals surface area contributed by atoms with Crippen molar-refractivity contribution in [2.24, 2.45) is 23.0 Å². The minimum Gasteiger partial charge on any atom is -0.353 e. The molecule has 1 rings (SSSR count). The molecule has 3 unspecified atom stereocenters. The van der Waals surface area contributed by atoms with E-state index in [1.165, 1.54) is 6.42 Å². The summed E-state index contributed by atoms with van der Waals surface area (Å²) in [6.45, 7) is 9.06. The van der Waals surface area contributed by atoms with Gasteiger partial charge in [0.1, 0.15) is 0 Å². The molecular weight excluding hydrogens is 212 g/mol. The van der Waals surface area contributed by atoms with Crippen molar-refractivity contribution in [1.82, 2.24) is 5.32 Å². The lowest BCUT2D eigenvalue weighted by Crippen LogP contribution is -2.49. The van der Waals surface area contributed by atoms with E-state index in [2.05, 4.69) is 33.0 Å². The van der Waals surface area contributed by atoms with Crippen LogP contribution in [0.25, 0.3) is 0 Å². The van der Waals surface area contributed by atoms with Crippen molar-refractivity contribution >= 4 is 5.91 Å². The number of amides is 1. The van der Waals surface area contributed by atoms with Crippen LogP contribution in [-0.2, 0) is 4.79 Å². The zero-order chi connectivity index (χ0) is 13.1. The third-order valence-electron chi connectivity index (χ3n) is 5.01. The van der Waals surface area contributed by atoms with E-state index in [1.807, 2.05) is 0 Å². The van der Waals surface area contributed by atoms with Crippen LogP contribution in [0.5, 0.6) is 0 Å². The second-order valence-electron chi connectivity index (χ2n) is 5.69. The second-order valence-corrected chi connectivity index (χ2v) is 5.69. The number of nitrogens with two attached hydrogens (primary N) is 1. The fraction of sp³-hybridized carbons (Fsp3) is 0.929. The molecule has 0 aliphatic heterocycles. The minimum atomic E-state index is -0.356. The number of hydrogen-bond donors (Lipinski definition) is 2. The summed E-state index contributed by atoms with van der Waals surface area (Å²) < 4.78 is 0. The lowest BCUT2D eigenvalue weighted by atomic mass is 9.81. The molecule has 3 atom stereocenters. The molecule has 3 heteroatoms. The second kappa shape index (κ2) is 5.85. The number of carbonyl (C=O) groups is 1. The van der Waals surface area contributed by atoms with E-state index in [0.29, 0.717) is 18.5 Å². The van der Waals surface area contributed by atoms with Crippen molar-refractivity contribution in [3.63, 3.8) is 0 Å². The SMILES string of the molecule is CCC(CC)(CN)C(=O)NC1CCC(C)C1C. The largest absolute Gasteiger partial charge is 0.353 e. The highest BCUT2D eigenvalue weighted by atomic mass is 16.2. The first kappa shape index (κ1) is 14.5. The van der Waals surface area contributed by atoms with Crippen molar-refractivity contribution in [3.05, 3.63) is 0 Å². The van der Waals surface area contributed by atoms with Gasteiger partial charge in [-0.25, -0.2) is 0 Å². The fourth-order valence-electron chi connectivity index (χ4n) is 2.84. The highest BCUT2D eigenvalue weighted by Gasteiger charge is 2.37. The van der Waals surface area contributed by atoms with E-state index >= 15 is 0 Å². The van der Waals surface area contributed by atoms with E-state index in [-0.39, 0.29) is 11.3 Å². The maximum Gasteiger partial charge on any atom is 0.227 e. The molecule has 0 spiro atoms. The van der Waals surface area contributed by atoms with Crippen molar-refractivity contribution in [1.29, 1.82) is 0 Å². The van der Waals surface area contributed by atoms with Crippen LogP contribution in [0.15, 0.2) is 0 Å². The van der Waals surface area contributed by atoms with Gasteiger partial charge in [0.25, 0.3) is 0 Å². The van der Waals surface area contributed by atoms with Gasteiger partial charge in [-0.15, -0.1) is 0 Å². The van der Waals surface area contributed by atoms with Crippen LogP contribution in [-0.4, -0.2) is 18.5 Å². The van der Waals surface area contributed by atoms with Crippen LogP contribution in [0.3, 0.4) is 0 Å². The number of nitrogens with one attached hydrogen (secondary N) is 1. The van der Waals surface area contributed by atoms with E-state index < -0.39 is 0 Å². The van der Waals surface area contributed by atoms with Gasteiger partial charge in [-0.05, 0) is 37.5 Å². The third-order valence-corrected chi connectivity index (χ3v) is 5.01. The average molecular weight is 240 g/mol. The summed E-state index contributed by atoms with van der Waals surface area (Å²) in [5.74, 6) is 1.47. The van der Waals surface area contributed by atoms with Gasteiger partial charge in [0.15, 0.2) is 0 Å². The maximum atomic E-state index is 12.4. The van der Waals surface area contributed by atoms with Gasteiger partial charge in [-0.1, -0.05) is 27.7 Å². The van der Waals surface area contributed by atoms with Gasteiger partial charge in [0, 0.05) is 12.6 Å². The highest BCUT2D eigenvalue weighted by Crippen LogP contribution is 2.33. The number of rotatable bonds is 5. The summed E-state index contributed by atoms with van der Waals surface area (Å²) in [7, 11) is 0. The van der Waals surface area contributed by atoms with Crippen molar-refractivity contribution in [3.8, 4) is 0 Å². The number of carbonyl (C=O) groups excluding carboxylic acids is 1. The summed E-state index contributed by atoms with van der Waals surface area (Å²) in [5, 5.41) is 3.23. The summed E-state index contributed by atoms with van der Waals surface area (Å²) in [5.41, 5.74) is 5.45. The first-order chi connectivity index (χ1) is 8.00. The molecule has 3 nitrogen and oxygen atoms in total. The third kappa shape index (κ3) is 2.82. The summed E-state index contributed by atoms with van der Waals surface area (Å²) in [4.78, 5) is 12.4. The summed E-state index contributed by atoms with van der Waals surface area (Å²) in [6, 6.07) is 0.349. The molecule has 3 N–H and O–H groups in total. The van der Waals surface area contributed by atoms with Crippen molar-refractivity contribution < 1.29 is 4.79 Å². The van der Waals surface area contributed by atoms with E-state index in [9.17, 15) is 4.79 Å². The zero-order valence-electron chi connectivity index (χ0n) is 11.8. The zero-order valence-corrected chi connectivity index (χ0v) is 11.8. The van der Waals surface area contributed by atoms with Crippen LogP contribution < -0.4 is 11.1 Å². The predicted molar refractivity (Wildman–Crippen MR) is 71.6 cm³/mol. The molecule has 1 amide bonds. The van der Waals surface area contributed by atoms with Gasteiger partial charge in [-0.3, -0.25) is 4.79 Å². The lowest BCUT2D eigenvalue weighted by molar-refractivity contribution is -0.132. The van der Waals surface area contributed by atoms with Gasteiger partial charge in [0.05, 0.1) is 5.41 Å². The first-order valence-corrected chi connectivity index (χ1v) is 7.01. The normalized spacial score (nSPS) is 29.4. The smallest absolute Gasteiger partial charge is 0.227 e. The van der Waals surface area contributed by atoms with Crippen LogP contribution in [0.1, 0.15) is 53.4 Å². The maximum absolute atomic E-state index is 12.4. The Bertz CT molecular complexity index is 253. The quantitative estimate of drug-likeness (QED) is 0.774. The highest BCUT2D eigenvalue weighted by molar-refractivity contribution is 5.83. The summed E-state index contributed by atoms with van der Waals surface area (Å²) in [6.07, 6.45) is 3.98. The molecule has 17 heavy (non-hydrogen) atoms. The Morgan fingerprint density at radius 3 is 2.24 bits per heavy atom. The first-order valence-electron chi connectivity index (χ1n) is 7.01. The molecule has 0 aromatic rings. The van der Waals surface area contributed by atoms with Gasteiger partial charge >= 0.3 is 0 Å². The summed E-state index contributed by atoms with van der Waals surface area (Å²) >= 11 is 0. The lowest BCUT2D eigenvalue weighted by Gasteiger charge is -2.31. The van der Waals surface area contributed by atoms with Crippen LogP contribution in [0, 0.1) is 17.3 Å². The average Bonchev–Trinajstić information content (AvgIpc) is 2.64. The monoisotopic (exact) mass is 240 g/mol. The van der Waals surface area contributed by atoms with Gasteiger partial charge < -0.3 is 11.1 Å². The molecule has 1 saturated carbocycles. The van der Waals surface area contributed by atoms with E-state index in [0.717, 1.165) is 25.2 Å². The van der Waals surface area contributed by atoms with Crippen LogP contribution in [0.4, 0.5) is 0 Å². The van der Waals surface area contributed by atoms with Crippen molar-refractivity contribution in [2.75, 3.05) is 6.54 Å². The molecule has 0 heterocycles. The Balaban J connectivity index is 2.65. The van der Waals surface area contributed by atoms with Crippen LogP contribution in [0.2, 0.25) is 0 Å². The topological polar surface area (TPSA) is 55.1 Å². The number of hydrogen-bond acceptors (Lipinski definition) is 2. The van der Waals surface area contributed by atoms with E-state index in [4.69, 9.17) is 5.73 Å². The van der Waals surface area contributed by atoms with Gasteiger partial charge in [0.2, 0.25) is 5.91 Å². The fourth-order valence-corrected chi connectivity index (χ4v) is 2.84. The molecule has 0 aromatic carbocycles. The molecule has 0 saturated heterocycles. The molecule has 0 aromatic heterocycles. The molecular formula is C14H28N2O. The Labute approximate surface area is 106 Å². The van der Waals surface area contributed by atoms with E-state index in [1.54, 1.807) is 0 Å². The molecule has 1 aliphatic rings. The molecule has 100 valence electrons. The van der Waals surface area contributed by atoms with Crippen molar-refractivity contribution in [2.45, 2.75) is 59.4 Å². The minimum absolute atomic E-state index is 0.163. The molecule has 1 aliphatic carbocycles. The van der Waals surface area contributed by atoms with Crippen LogP contribution >= 0.6 is 0 Å². The van der Waals surface area contributed by atoms with Gasteiger partial charge in [-0.2, -0.15) is 0 Å². The standard InChI is InChI=1S/C14H28N2O/c1-5-14(6-2,9-15)13(17)16-12-8-7-10(3)11(12)4/h10-12H,5-9,15H2,1-4H3,(H,16,17). The Kier molecular flexibility index (Phi) is 4.99. The molecule has 1 fully saturated rings. The molecule has 0 bridgehead atoms. The Hall–Kier alpha value is -0.570. The Morgan fingerprint density at radius 2 is 1.88 bits per heavy atom. The molecule has 0 radical (unpaired) electrons.